The fraction of sp³-hybridized carbons (Fsp3) is 0.375. The summed E-state index contributed by atoms with van der Waals surface area (Å²) >= 11 is 0. The molecule has 0 atom stereocenters. The number of nitrogens with zero attached hydrogens (tertiary/aromatic N) is 1. The number of amides is 1. The minimum absolute atomic E-state index is 0.0775. The van der Waals surface area contributed by atoms with Gasteiger partial charge in [0.05, 0.1) is 6.61 Å². The number of carbonyl (C=O) groups excluding carboxylic acids is 1. The first kappa shape index (κ1) is 12.4. The van der Waals surface area contributed by atoms with Gasteiger partial charge in [-0.25, -0.2) is 4.98 Å². The molecule has 0 spiro atoms. The Labute approximate surface area is 122 Å². The molecule has 0 fully saturated rings. The zero-order valence-electron chi connectivity index (χ0n) is 11.7. The van der Waals surface area contributed by atoms with E-state index in [9.17, 15) is 4.79 Å². The van der Waals surface area contributed by atoms with Crippen LogP contribution in [0.3, 0.4) is 0 Å². The number of aromatic nitrogens is 2. The first-order chi connectivity index (χ1) is 10.3. The van der Waals surface area contributed by atoms with E-state index in [4.69, 9.17) is 4.74 Å². The minimum atomic E-state index is -0.0775. The van der Waals surface area contributed by atoms with Crippen LogP contribution >= 0.6 is 0 Å². The van der Waals surface area contributed by atoms with E-state index < -0.39 is 0 Å². The number of ether oxygens (including phenoxy) is 1. The van der Waals surface area contributed by atoms with Gasteiger partial charge in [-0.3, -0.25) is 4.79 Å². The zero-order valence-corrected chi connectivity index (χ0v) is 11.7. The molecule has 5 heteroatoms. The average Bonchev–Trinajstić information content (AvgIpc) is 2.88. The molecule has 0 aliphatic carbocycles. The Balaban J connectivity index is 1.74. The van der Waals surface area contributed by atoms with Crippen LogP contribution in [0.2, 0.25) is 0 Å². The Hall–Kier alpha value is -2.30. The van der Waals surface area contributed by atoms with Gasteiger partial charge in [0.25, 0.3) is 5.91 Å². The van der Waals surface area contributed by atoms with Crippen LogP contribution in [-0.4, -0.2) is 29.0 Å². The van der Waals surface area contributed by atoms with Gasteiger partial charge >= 0.3 is 0 Å². The molecule has 5 nitrogen and oxygen atoms in total. The van der Waals surface area contributed by atoms with Gasteiger partial charge in [0.15, 0.2) is 0 Å². The van der Waals surface area contributed by atoms with E-state index >= 15 is 0 Å². The van der Waals surface area contributed by atoms with Crippen molar-refractivity contribution in [2.24, 2.45) is 0 Å². The molecular formula is C16H17N3O2. The SMILES string of the molecule is O=C1NCCCc2[nH]c(-c3ccc4c(c3)CCCO4)nc21. The van der Waals surface area contributed by atoms with Crippen LogP contribution in [0.1, 0.15) is 34.6 Å². The second-order valence-electron chi connectivity index (χ2n) is 5.55. The highest BCUT2D eigenvalue weighted by Crippen LogP contribution is 2.29. The third-order valence-electron chi connectivity index (χ3n) is 4.06. The van der Waals surface area contributed by atoms with Crippen LogP contribution in [0, 0.1) is 0 Å². The van der Waals surface area contributed by atoms with E-state index in [2.05, 4.69) is 21.4 Å². The molecule has 0 saturated heterocycles. The number of H-pyrrole nitrogens is 1. The Bertz CT molecular complexity index is 706. The standard InChI is InChI=1S/C16H17N3O2/c20-16-14-12(4-1-7-17-16)18-15(19-14)11-5-6-13-10(9-11)3-2-8-21-13/h5-6,9H,1-4,7-8H2,(H,17,20)(H,18,19). The summed E-state index contributed by atoms with van der Waals surface area (Å²) in [7, 11) is 0. The molecule has 21 heavy (non-hydrogen) atoms. The summed E-state index contributed by atoms with van der Waals surface area (Å²) in [5.41, 5.74) is 3.71. The Morgan fingerprint density at radius 2 is 2.14 bits per heavy atom. The molecular weight excluding hydrogens is 266 g/mol. The lowest BCUT2D eigenvalue weighted by Gasteiger charge is -2.17. The number of benzene rings is 1. The van der Waals surface area contributed by atoms with Crippen molar-refractivity contribution >= 4 is 5.91 Å². The molecule has 2 aromatic rings. The fourth-order valence-electron chi connectivity index (χ4n) is 2.97. The Morgan fingerprint density at radius 3 is 3.10 bits per heavy atom. The largest absolute Gasteiger partial charge is 0.493 e. The summed E-state index contributed by atoms with van der Waals surface area (Å²) in [5, 5.41) is 2.87. The third kappa shape index (κ3) is 2.18. The van der Waals surface area contributed by atoms with Gasteiger partial charge in [0, 0.05) is 17.8 Å². The van der Waals surface area contributed by atoms with Crippen LogP contribution in [0.4, 0.5) is 0 Å². The second kappa shape index (κ2) is 4.91. The molecule has 108 valence electrons. The lowest BCUT2D eigenvalue weighted by Crippen LogP contribution is -2.23. The monoisotopic (exact) mass is 283 g/mol. The lowest BCUT2D eigenvalue weighted by molar-refractivity contribution is 0.0951. The van der Waals surface area contributed by atoms with Crippen LogP contribution < -0.4 is 10.1 Å². The topological polar surface area (TPSA) is 67.0 Å². The van der Waals surface area contributed by atoms with Crippen LogP contribution in [0.5, 0.6) is 5.75 Å². The summed E-state index contributed by atoms with van der Waals surface area (Å²) in [6.45, 7) is 1.51. The lowest BCUT2D eigenvalue weighted by atomic mass is 10.0. The minimum Gasteiger partial charge on any atom is -0.493 e. The molecule has 1 aromatic heterocycles. The number of nitrogens with one attached hydrogen (secondary N) is 2. The summed E-state index contributed by atoms with van der Waals surface area (Å²) in [4.78, 5) is 19.8. The van der Waals surface area contributed by atoms with Crippen LogP contribution in [0.15, 0.2) is 18.2 Å². The van der Waals surface area contributed by atoms with Crippen molar-refractivity contribution in [1.29, 1.82) is 0 Å². The van der Waals surface area contributed by atoms with Crippen molar-refractivity contribution in [1.82, 2.24) is 15.3 Å². The van der Waals surface area contributed by atoms with Crippen molar-refractivity contribution in [2.45, 2.75) is 25.7 Å². The van der Waals surface area contributed by atoms with E-state index in [1.807, 2.05) is 12.1 Å². The molecule has 4 rings (SSSR count). The van der Waals surface area contributed by atoms with Gasteiger partial charge in [-0.15, -0.1) is 0 Å². The zero-order chi connectivity index (χ0) is 14.2. The number of carbonyl (C=O) groups is 1. The number of fused-ring (bicyclic) bond motifs is 2. The molecule has 1 aromatic carbocycles. The van der Waals surface area contributed by atoms with Gasteiger partial charge in [0.2, 0.25) is 0 Å². The van der Waals surface area contributed by atoms with Crippen molar-refractivity contribution in [2.75, 3.05) is 13.2 Å². The fourth-order valence-corrected chi connectivity index (χ4v) is 2.97. The maximum absolute atomic E-state index is 12.0. The average molecular weight is 283 g/mol. The first-order valence-corrected chi connectivity index (χ1v) is 7.44. The van der Waals surface area contributed by atoms with E-state index in [0.717, 1.165) is 55.1 Å². The van der Waals surface area contributed by atoms with Crippen molar-refractivity contribution < 1.29 is 9.53 Å². The first-order valence-electron chi connectivity index (χ1n) is 7.44. The number of aryl methyl sites for hydroxylation is 2. The van der Waals surface area contributed by atoms with E-state index in [-0.39, 0.29) is 5.91 Å². The number of aromatic amines is 1. The maximum Gasteiger partial charge on any atom is 0.271 e. The molecule has 3 heterocycles. The highest BCUT2D eigenvalue weighted by atomic mass is 16.5. The summed E-state index contributed by atoms with van der Waals surface area (Å²) < 4.78 is 5.63. The number of rotatable bonds is 1. The molecule has 0 unspecified atom stereocenters. The third-order valence-corrected chi connectivity index (χ3v) is 4.06. The van der Waals surface area contributed by atoms with Crippen molar-refractivity contribution in [3.05, 3.63) is 35.2 Å². The Kier molecular flexibility index (Phi) is 2.91. The Morgan fingerprint density at radius 1 is 1.19 bits per heavy atom. The summed E-state index contributed by atoms with van der Waals surface area (Å²) in [6.07, 6.45) is 3.88. The van der Waals surface area contributed by atoms with Crippen molar-refractivity contribution in [3.8, 4) is 17.1 Å². The molecule has 2 N–H and O–H groups in total. The summed E-state index contributed by atoms with van der Waals surface area (Å²) in [6, 6.07) is 6.11. The predicted molar refractivity (Wildman–Crippen MR) is 78.5 cm³/mol. The van der Waals surface area contributed by atoms with Gasteiger partial charge in [-0.2, -0.15) is 0 Å². The number of imidazole rings is 1. The number of hydrogen-bond donors (Lipinski definition) is 2. The van der Waals surface area contributed by atoms with Gasteiger partial charge in [-0.1, -0.05) is 0 Å². The van der Waals surface area contributed by atoms with E-state index in [1.54, 1.807) is 0 Å². The van der Waals surface area contributed by atoms with E-state index in [1.165, 1.54) is 5.56 Å². The van der Waals surface area contributed by atoms with Crippen LogP contribution in [0.25, 0.3) is 11.4 Å². The second-order valence-corrected chi connectivity index (χ2v) is 5.55. The summed E-state index contributed by atoms with van der Waals surface area (Å²) in [5.74, 6) is 1.66. The van der Waals surface area contributed by atoms with Crippen LogP contribution in [-0.2, 0) is 12.8 Å². The van der Waals surface area contributed by atoms with Crippen molar-refractivity contribution in [3.63, 3.8) is 0 Å². The van der Waals surface area contributed by atoms with Gasteiger partial charge < -0.3 is 15.0 Å². The molecule has 0 bridgehead atoms. The normalized spacial score (nSPS) is 17.2. The molecule has 2 aliphatic rings. The quantitative estimate of drug-likeness (QED) is 0.842. The molecule has 0 radical (unpaired) electrons. The predicted octanol–water partition coefficient (Wildman–Crippen LogP) is 2.08. The maximum atomic E-state index is 12.0. The molecule has 2 aliphatic heterocycles. The number of hydrogen-bond acceptors (Lipinski definition) is 3. The van der Waals surface area contributed by atoms with Gasteiger partial charge in [-0.05, 0) is 49.4 Å². The highest BCUT2D eigenvalue weighted by molar-refractivity contribution is 5.94. The smallest absolute Gasteiger partial charge is 0.271 e. The highest BCUT2D eigenvalue weighted by Gasteiger charge is 2.21. The molecule has 0 saturated carbocycles. The van der Waals surface area contributed by atoms with E-state index in [0.29, 0.717) is 12.2 Å². The van der Waals surface area contributed by atoms with Gasteiger partial charge in [0.1, 0.15) is 17.3 Å². The molecule has 1 amide bonds.